The van der Waals surface area contributed by atoms with Crippen LogP contribution in [0.3, 0.4) is 0 Å². The summed E-state index contributed by atoms with van der Waals surface area (Å²) in [5.41, 5.74) is 3.69. The number of amidine groups is 1. The lowest BCUT2D eigenvalue weighted by Gasteiger charge is -2.28. The van der Waals surface area contributed by atoms with E-state index in [0.29, 0.717) is 28.6 Å². The molecule has 0 aliphatic carbocycles. The number of hydrogen-bond acceptors (Lipinski definition) is 5. The minimum Gasteiger partial charge on any atom is -0.489 e. The normalized spacial score (nSPS) is 14.3. The van der Waals surface area contributed by atoms with Gasteiger partial charge >= 0.3 is 0 Å². The predicted molar refractivity (Wildman–Crippen MR) is 198 cm³/mol. The molecule has 49 heavy (non-hydrogen) atoms. The highest BCUT2D eigenvalue weighted by Crippen LogP contribution is 2.28. The molecule has 1 N–H and O–H groups in total. The van der Waals surface area contributed by atoms with Gasteiger partial charge in [0.25, 0.3) is 11.8 Å². The predicted octanol–water partition coefficient (Wildman–Crippen LogP) is 8.31. The number of hydrogen-bond donors (Lipinski definition) is 1. The number of aliphatic imine (C=N–C) groups is 1. The Morgan fingerprint density at radius 1 is 0.939 bits per heavy atom. The van der Waals surface area contributed by atoms with Crippen LogP contribution >= 0.6 is 23.4 Å². The minimum absolute atomic E-state index is 0.0804. The maximum Gasteiger partial charge on any atom is 0.285 e. The van der Waals surface area contributed by atoms with Crippen molar-refractivity contribution in [2.24, 2.45) is 4.99 Å². The van der Waals surface area contributed by atoms with Gasteiger partial charge in [-0.2, -0.15) is 4.99 Å². The van der Waals surface area contributed by atoms with Crippen molar-refractivity contribution in [3.63, 3.8) is 0 Å². The Hall–Kier alpha value is -5.44. The topological polar surface area (TPSA) is 88.1 Å². The van der Waals surface area contributed by atoms with Crippen molar-refractivity contribution < 1.29 is 19.1 Å². The summed E-state index contributed by atoms with van der Waals surface area (Å²) in [5.74, 6) is -1.02. The Morgan fingerprint density at radius 2 is 1.57 bits per heavy atom. The Morgan fingerprint density at radius 3 is 2.18 bits per heavy atom. The van der Waals surface area contributed by atoms with Crippen LogP contribution in [-0.2, 0) is 21.0 Å². The van der Waals surface area contributed by atoms with E-state index in [4.69, 9.17) is 16.3 Å². The van der Waals surface area contributed by atoms with Gasteiger partial charge in [-0.15, -0.1) is 0 Å². The number of nitrogens with one attached hydrogen (secondary N) is 1. The van der Waals surface area contributed by atoms with Crippen LogP contribution in [0.15, 0.2) is 156 Å². The van der Waals surface area contributed by atoms with E-state index in [1.54, 1.807) is 61.6 Å². The van der Waals surface area contributed by atoms with Crippen molar-refractivity contribution in [3.05, 3.63) is 179 Å². The quantitative estimate of drug-likeness (QED) is 0.0920. The van der Waals surface area contributed by atoms with Crippen LogP contribution in [0.25, 0.3) is 6.08 Å². The zero-order valence-electron chi connectivity index (χ0n) is 26.8. The van der Waals surface area contributed by atoms with E-state index in [2.05, 4.69) is 16.9 Å². The summed E-state index contributed by atoms with van der Waals surface area (Å²) in [6.45, 7) is 5.79. The summed E-state index contributed by atoms with van der Waals surface area (Å²) in [5, 5.41) is 3.82. The van der Waals surface area contributed by atoms with Crippen LogP contribution in [0, 0.1) is 0 Å². The fourth-order valence-electron chi connectivity index (χ4n) is 5.00. The highest BCUT2D eigenvalue weighted by Gasteiger charge is 2.35. The maximum absolute atomic E-state index is 14.0. The molecule has 1 aliphatic heterocycles. The fraction of sp³-hybridized carbons (Fsp3) is 0.100. The number of allylic oxidation sites excluding steroid dienone is 4. The van der Waals surface area contributed by atoms with Gasteiger partial charge in [-0.05, 0) is 54.0 Å². The van der Waals surface area contributed by atoms with Gasteiger partial charge in [0.2, 0.25) is 5.91 Å². The van der Waals surface area contributed by atoms with E-state index >= 15 is 0 Å². The van der Waals surface area contributed by atoms with E-state index in [9.17, 15) is 14.4 Å². The first kappa shape index (κ1) is 34.9. The Balaban J connectivity index is 1.35. The van der Waals surface area contributed by atoms with E-state index in [0.717, 1.165) is 28.5 Å². The van der Waals surface area contributed by atoms with Crippen molar-refractivity contribution in [3.8, 4) is 5.75 Å². The first-order valence-electron chi connectivity index (χ1n) is 15.5. The number of ether oxygens (including phenoxy) is 1. The van der Waals surface area contributed by atoms with Gasteiger partial charge in [-0.25, -0.2) is 0 Å². The fourth-order valence-corrected chi connectivity index (χ4v) is 6.00. The molecule has 0 fully saturated rings. The molecule has 1 aliphatic rings. The highest BCUT2D eigenvalue weighted by molar-refractivity contribution is 8.14. The van der Waals surface area contributed by atoms with Crippen LogP contribution in [0.2, 0.25) is 5.02 Å². The SMILES string of the molecule is C=C/C=C\C(=C/C)N1C(=O)/C(=C/c2ccc(OCc3ccccc3Cl)cc2)C(=O)N=C1SCC(=O)NC(c1ccccc1)c1ccccc1. The molecule has 0 atom stereocenters. The Bertz CT molecular complexity index is 1900. The number of carbonyl (C=O) groups excluding carboxylic acids is 3. The van der Waals surface area contributed by atoms with E-state index < -0.39 is 11.8 Å². The van der Waals surface area contributed by atoms with E-state index in [-0.39, 0.29) is 28.4 Å². The van der Waals surface area contributed by atoms with Crippen LogP contribution in [0.4, 0.5) is 0 Å². The van der Waals surface area contributed by atoms with E-state index in [1.807, 2.05) is 78.9 Å². The first-order valence-corrected chi connectivity index (χ1v) is 16.9. The first-order chi connectivity index (χ1) is 23.9. The van der Waals surface area contributed by atoms with Crippen LogP contribution < -0.4 is 10.1 Å². The zero-order valence-corrected chi connectivity index (χ0v) is 28.4. The molecule has 246 valence electrons. The molecule has 0 bridgehead atoms. The molecule has 1 heterocycles. The summed E-state index contributed by atoms with van der Waals surface area (Å²) < 4.78 is 5.87. The molecule has 3 amide bonds. The van der Waals surface area contributed by atoms with Gasteiger partial charge in [0.05, 0.1) is 11.8 Å². The molecule has 4 aromatic rings. The minimum atomic E-state index is -0.696. The van der Waals surface area contributed by atoms with Gasteiger partial charge in [0.1, 0.15) is 17.9 Å². The molecule has 0 spiro atoms. The molecule has 0 saturated carbocycles. The zero-order chi connectivity index (χ0) is 34.6. The second-order valence-corrected chi connectivity index (χ2v) is 12.1. The van der Waals surface area contributed by atoms with E-state index in [1.165, 1.54) is 11.0 Å². The highest BCUT2D eigenvalue weighted by atomic mass is 35.5. The number of rotatable bonds is 12. The van der Waals surface area contributed by atoms with Crippen LogP contribution in [-0.4, -0.2) is 33.5 Å². The number of carbonyl (C=O) groups is 3. The molecular weight excluding hydrogens is 654 g/mol. The Labute approximate surface area is 295 Å². The molecule has 0 unspecified atom stereocenters. The lowest BCUT2D eigenvalue weighted by molar-refractivity contribution is -0.126. The maximum atomic E-state index is 14.0. The monoisotopic (exact) mass is 687 g/mol. The molecular formula is C40H34ClN3O4S. The average Bonchev–Trinajstić information content (AvgIpc) is 3.13. The number of nitrogens with zero attached hydrogens (tertiary/aromatic N) is 2. The summed E-state index contributed by atoms with van der Waals surface area (Å²) >= 11 is 7.25. The average molecular weight is 688 g/mol. The van der Waals surface area contributed by atoms with Crippen molar-refractivity contribution >= 4 is 52.3 Å². The third-order valence-electron chi connectivity index (χ3n) is 7.46. The summed E-state index contributed by atoms with van der Waals surface area (Å²) in [6.07, 6.45) is 8.19. The van der Waals surface area contributed by atoms with Gasteiger partial charge in [-0.3, -0.25) is 19.3 Å². The van der Waals surface area contributed by atoms with Crippen molar-refractivity contribution in [2.75, 3.05) is 5.75 Å². The van der Waals surface area contributed by atoms with Crippen molar-refractivity contribution in [1.29, 1.82) is 0 Å². The smallest absolute Gasteiger partial charge is 0.285 e. The van der Waals surface area contributed by atoms with Gasteiger partial charge in [0, 0.05) is 16.3 Å². The lowest BCUT2D eigenvalue weighted by Crippen LogP contribution is -2.42. The summed E-state index contributed by atoms with van der Waals surface area (Å²) in [4.78, 5) is 46.3. The van der Waals surface area contributed by atoms with Crippen LogP contribution in [0.5, 0.6) is 5.75 Å². The number of benzene rings is 4. The van der Waals surface area contributed by atoms with Gasteiger partial charge in [0.15, 0.2) is 5.17 Å². The van der Waals surface area contributed by atoms with Crippen molar-refractivity contribution in [2.45, 2.75) is 19.6 Å². The molecule has 0 saturated heterocycles. The number of amides is 3. The molecule has 0 radical (unpaired) electrons. The molecule has 5 rings (SSSR count). The second kappa shape index (κ2) is 17.1. The van der Waals surface area contributed by atoms with Gasteiger partial charge < -0.3 is 10.1 Å². The van der Waals surface area contributed by atoms with Gasteiger partial charge in [-0.1, -0.05) is 139 Å². The third kappa shape index (κ3) is 9.13. The molecule has 0 aromatic heterocycles. The van der Waals surface area contributed by atoms with Crippen LogP contribution in [0.1, 0.15) is 35.2 Å². The second-order valence-electron chi connectivity index (χ2n) is 10.8. The summed E-state index contributed by atoms with van der Waals surface area (Å²) in [7, 11) is 0. The number of halogens is 1. The molecule has 4 aromatic carbocycles. The Kier molecular flexibility index (Phi) is 12.2. The third-order valence-corrected chi connectivity index (χ3v) is 8.76. The van der Waals surface area contributed by atoms with Crippen molar-refractivity contribution in [1.82, 2.24) is 10.2 Å². The number of thioether (sulfide) groups is 1. The largest absolute Gasteiger partial charge is 0.489 e. The lowest BCUT2D eigenvalue weighted by atomic mass is 9.99. The standard InChI is InChI=1S/C40H34ClN3O4S/c1-3-5-19-32(4-2)44-39(47)34(25-28-21-23-33(24-22-28)48-26-31-18-12-13-20-35(31)41)38(46)43-40(44)49-27-36(45)42-37(29-14-8-6-9-15-29)30-16-10-7-11-17-30/h3-25,37H,1,26-27H2,2H3,(H,42,45)/b19-5-,32-4+,34-25+. The summed E-state index contributed by atoms with van der Waals surface area (Å²) in [6, 6.07) is 33.4. The molecule has 7 nitrogen and oxygen atoms in total. The molecule has 9 heteroatoms.